The van der Waals surface area contributed by atoms with Crippen molar-refractivity contribution in [1.82, 2.24) is 15.2 Å². The first kappa shape index (κ1) is 22.4. The van der Waals surface area contributed by atoms with Crippen LogP contribution < -0.4 is 5.32 Å². The molecule has 1 saturated heterocycles. The number of nitrogens with one attached hydrogen (secondary N) is 1. The maximum Gasteiger partial charge on any atom is 0.248 e. The lowest BCUT2D eigenvalue weighted by Gasteiger charge is -2.38. The van der Waals surface area contributed by atoms with Crippen molar-refractivity contribution in [2.24, 2.45) is 5.92 Å². The maximum atomic E-state index is 12.8. The van der Waals surface area contributed by atoms with E-state index in [4.69, 9.17) is 9.84 Å². The summed E-state index contributed by atoms with van der Waals surface area (Å²) < 4.78 is 4.95. The fourth-order valence-electron chi connectivity index (χ4n) is 3.84. The molecule has 3 rings (SSSR count). The highest BCUT2D eigenvalue weighted by Gasteiger charge is 2.35. The molecule has 0 bridgehead atoms. The number of aliphatic hydroxyl groups excluding tert-OH is 1. The lowest BCUT2D eigenvalue weighted by Crippen LogP contribution is -2.52. The molecule has 0 aliphatic carbocycles. The number of methoxy groups -OCH3 is 1. The van der Waals surface area contributed by atoms with Crippen molar-refractivity contribution in [3.05, 3.63) is 40.2 Å². The number of nitrogens with zero attached hydrogens (tertiary/aromatic N) is 2. The Morgan fingerprint density at radius 1 is 1.33 bits per heavy atom. The van der Waals surface area contributed by atoms with Gasteiger partial charge < -0.3 is 20.1 Å². The minimum absolute atomic E-state index is 0.0393. The summed E-state index contributed by atoms with van der Waals surface area (Å²) >= 11 is 1.51. The minimum Gasteiger partial charge on any atom is -0.396 e. The zero-order valence-electron chi connectivity index (χ0n) is 17.5. The zero-order valence-corrected chi connectivity index (χ0v) is 18.3. The highest BCUT2D eigenvalue weighted by Crippen LogP contribution is 2.25. The standard InChI is InChI=1S/C22H29N3O4S/c1-15-18(4-3-10-25(15)21(27)13-29-2)22(28)23-12-20-24-19(14-30-20)17-7-5-16(6-8-17)9-11-26/h5-8,14-15,18,26H,3-4,9-13H2,1-2H3,(H,23,28)/t15-,18?/m0/s1. The third-order valence-electron chi connectivity index (χ3n) is 5.53. The normalized spacial score (nSPS) is 19.0. The summed E-state index contributed by atoms with van der Waals surface area (Å²) in [4.78, 5) is 31.3. The summed E-state index contributed by atoms with van der Waals surface area (Å²) in [5.41, 5.74) is 2.98. The Hall–Kier alpha value is -2.29. The zero-order chi connectivity index (χ0) is 21.5. The largest absolute Gasteiger partial charge is 0.396 e. The average Bonchev–Trinajstić information content (AvgIpc) is 3.22. The van der Waals surface area contributed by atoms with Crippen molar-refractivity contribution in [2.45, 2.75) is 38.8 Å². The minimum atomic E-state index is -0.224. The Morgan fingerprint density at radius 3 is 2.80 bits per heavy atom. The molecule has 2 aromatic rings. The van der Waals surface area contributed by atoms with E-state index in [2.05, 4.69) is 10.3 Å². The molecule has 30 heavy (non-hydrogen) atoms. The Bertz CT molecular complexity index is 852. The summed E-state index contributed by atoms with van der Waals surface area (Å²) in [5.74, 6) is -0.336. The van der Waals surface area contributed by atoms with Crippen molar-refractivity contribution in [1.29, 1.82) is 0 Å². The van der Waals surface area contributed by atoms with Crippen LogP contribution in [0.15, 0.2) is 29.6 Å². The first-order chi connectivity index (χ1) is 14.5. The van der Waals surface area contributed by atoms with Gasteiger partial charge in [-0.05, 0) is 31.7 Å². The van der Waals surface area contributed by atoms with Gasteiger partial charge in [-0.1, -0.05) is 24.3 Å². The quantitative estimate of drug-likeness (QED) is 0.669. The highest BCUT2D eigenvalue weighted by molar-refractivity contribution is 7.09. The van der Waals surface area contributed by atoms with Gasteiger partial charge in [0.15, 0.2) is 0 Å². The highest BCUT2D eigenvalue weighted by atomic mass is 32.1. The summed E-state index contributed by atoms with van der Waals surface area (Å²) in [6.07, 6.45) is 2.22. The average molecular weight is 432 g/mol. The van der Waals surface area contributed by atoms with Crippen LogP contribution in [0, 0.1) is 5.92 Å². The van der Waals surface area contributed by atoms with Crippen LogP contribution in [0.2, 0.25) is 0 Å². The van der Waals surface area contributed by atoms with Gasteiger partial charge in [0, 0.05) is 37.2 Å². The number of hydrogen-bond acceptors (Lipinski definition) is 6. The molecule has 162 valence electrons. The van der Waals surface area contributed by atoms with Crippen LogP contribution in [-0.2, 0) is 27.3 Å². The van der Waals surface area contributed by atoms with E-state index in [1.165, 1.54) is 18.4 Å². The first-order valence-electron chi connectivity index (χ1n) is 10.2. The molecule has 1 aliphatic rings. The molecule has 1 aliphatic heterocycles. The number of rotatable bonds is 8. The molecular formula is C22H29N3O4S. The number of hydrogen-bond donors (Lipinski definition) is 2. The SMILES string of the molecule is COCC(=O)N1CCCC(C(=O)NCc2nc(-c3ccc(CCO)cc3)cs2)[C@@H]1C. The second-order valence-corrected chi connectivity index (χ2v) is 8.47. The van der Waals surface area contributed by atoms with E-state index in [1.807, 2.05) is 36.6 Å². The third kappa shape index (κ3) is 5.44. The monoisotopic (exact) mass is 431 g/mol. The Kier molecular flexibility index (Phi) is 7.95. The van der Waals surface area contributed by atoms with Gasteiger partial charge in [-0.25, -0.2) is 4.98 Å². The smallest absolute Gasteiger partial charge is 0.248 e. The molecule has 0 saturated carbocycles. The van der Waals surface area contributed by atoms with Gasteiger partial charge in [-0.2, -0.15) is 0 Å². The number of amides is 2. The molecule has 2 amide bonds. The number of ether oxygens (including phenoxy) is 1. The van der Waals surface area contributed by atoms with E-state index < -0.39 is 0 Å². The van der Waals surface area contributed by atoms with E-state index in [0.717, 1.165) is 34.7 Å². The van der Waals surface area contributed by atoms with Crippen LogP contribution in [0.1, 0.15) is 30.3 Å². The van der Waals surface area contributed by atoms with Crippen molar-refractivity contribution >= 4 is 23.2 Å². The molecule has 0 spiro atoms. The topological polar surface area (TPSA) is 91.8 Å². The molecule has 2 N–H and O–H groups in total. The number of likely N-dealkylation sites (tertiary alicyclic amines) is 1. The predicted molar refractivity (Wildman–Crippen MR) is 116 cm³/mol. The molecule has 8 heteroatoms. The van der Waals surface area contributed by atoms with E-state index in [0.29, 0.717) is 19.5 Å². The second kappa shape index (κ2) is 10.7. The molecule has 1 unspecified atom stereocenters. The molecular weight excluding hydrogens is 402 g/mol. The van der Waals surface area contributed by atoms with Crippen LogP contribution in [0.4, 0.5) is 0 Å². The number of carbonyl (C=O) groups excluding carboxylic acids is 2. The van der Waals surface area contributed by atoms with Crippen LogP contribution in [-0.4, -0.2) is 59.7 Å². The number of piperidine rings is 1. The Labute approximate surface area is 181 Å². The number of aromatic nitrogens is 1. The third-order valence-corrected chi connectivity index (χ3v) is 6.38. The van der Waals surface area contributed by atoms with Crippen LogP contribution in [0.25, 0.3) is 11.3 Å². The van der Waals surface area contributed by atoms with Crippen LogP contribution >= 0.6 is 11.3 Å². The molecule has 2 atom stereocenters. The van der Waals surface area contributed by atoms with E-state index in [9.17, 15) is 9.59 Å². The summed E-state index contributed by atoms with van der Waals surface area (Å²) in [7, 11) is 1.50. The molecule has 1 fully saturated rings. The summed E-state index contributed by atoms with van der Waals surface area (Å²) in [6.45, 7) is 3.15. The van der Waals surface area contributed by atoms with Crippen LogP contribution in [0.3, 0.4) is 0 Å². The molecule has 1 aromatic carbocycles. The molecule has 0 radical (unpaired) electrons. The Balaban J connectivity index is 1.56. The van der Waals surface area contributed by atoms with Crippen LogP contribution in [0.5, 0.6) is 0 Å². The van der Waals surface area contributed by atoms with Gasteiger partial charge in [0.25, 0.3) is 0 Å². The van der Waals surface area contributed by atoms with Gasteiger partial charge in [-0.3, -0.25) is 9.59 Å². The van der Waals surface area contributed by atoms with Crippen molar-refractivity contribution < 1.29 is 19.4 Å². The molecule has 7 nitrogen and oxygen atoms in total. The molecule has 2 heterocycles. The molecule has 1 aromatic heterocycles. The van der Waals surface area contributed by atoms with Crippen molar-refractivity contribution in [3.8, 4) is 11.3 Å². The predicted octanol–water partition coefficient (Wildman–Crippen LogP) is 2.23. The maximum absolute atomic E-state index is 12.8. The van der Waals surface area contributed by atoms with E-state index >= 15 is 0 Å². The van der Waals surface area contributed by atoms with Gasteiger partial charge in [-0.15, -0.1) is 11.3 Å². The Morgan fingerprint density at radius 2 is 2.10 bits per heavy atom. The lowest BCUT2D eigenvalue weighted by atomic mass is 9.89. The summed E-state index contributed by atoms with van der Waals surface area (Å²) in [5, 5.41) is 14.8. The number of aliphatic hydroxyl groups is 1. The lowest BCUT2D eigenvalue weighted by molar-refractivity contribution is -0.142. The fraction of sp³-hybridized carbons (Fsp3) is 0.500. The van der Waals surface area contributed by atoms with Gasteiger partial charge in [0.1, 0.15) is 11.6 Å². The van der Waals surface area contributed by atoms with E-state index in [1.54, 1.807) is 4.90 Å². The van der Waals surface area contributed by atoms with E-state index in [-0.39, 0.29) is 37.0 Å². The fourth-order valence-corrected chi connectivity index (χ4v) is 4.58. The second-order valence-electron chi connectivity index (χ2n) is 7.52. The number of benzene rings is 1. The number of thiazole rings is 1. The van der Waals surface area contributed by atoms with Crippen molar-refractivity contribution in [3.63, 3.8) is 0 Å². The first-order valence-corrected chi connectivity index (χ1v) is 11.1. The number of carbonyl (C=O) groups is 2. The van der Waals surface area contributed by atoms with Gasteiger partial charge >= 0.3 is 0 Å². The van der Waals surface area contributed by atoms with Gasteiger partial charge in [0.2, 0.25) is 11.8 Å². The van der Waals surface area contributed by atoms with Gasteiger partial charge in [0.05, 0.1) is 18.2 Å². The summed E-state index contributed by atoms with van der Waals surface area (Å²) in [6, 6.07) is 7.83. The van der Waals surface area contributed by atoms with Crippen molar-refractivity contribution in [2.75, 3.05) is 26.9 Å².